The molecule has 1 aliphatic rings. The highest BCUT2D eigenvalue weighted by Gasteiger charge is 2.36. The minimum Gasteiger partial charge on any atom is -0.493 e. The summed E-state index contributed by atoms with van der Waals surface area (Å²) in [5.41, 5.74) is 2.26. The number of ether oxygens (including phenoxy) is 2. The predicted octanol–water partition coefficient (Wildman–Crippen LogP) is 6.86. The van der Waals surface area contributed by atoms with Crippen LogP contribution in [0.15, 0.2) is 94.3 Å². The lowest BCUT2D eigenvalue weighted by molar-refractivity contribution is -0.127. The molecule has 39 heavy (non-hydrogen) atoms. The highest BCUT2D eigenvalue weighted by atomic mass is 79.9. The van der Waals surface area contributed by atoms with Gasteiger partial charge in [-0.3, -0.25) is 19.3 Å². The van der Waals surface area contributed by atoms with E-state index in [-0.39, 0.29) is 11.4 Å². The van der Waals surface area contributed by atoms with Crippen LogP contribution in [-0.2, 0) is 16.2 Å². The maximum atomic E-state index is 13.1. The second-order valence-corrected chi connectivity index (χ2v) is 10.5. The van der Waals surface area contributed by atoms with Crippen molar-refractivity contribution in [2.24, 2.45) is 0 Å². The van der Waals surface area contributed by atoms with Crippen molar-refractivity contribution in [1.82, 2.24) is 4.90 Å². The monoisotopic (exact) mass is 602 g/mol. The first-order chi connectivity index (χ1) is 18.9. The zero-order valence-electron chi connectivity index (χ0n) is 20.8. The highest BCUT2D eigenvalue weighted by molar-refractivity contribution is 9.10. The van der Waals surface area contributed by atoms with Gasteiger partial charge in [-0.05, 0) is 68.5 Å². The lowest BCUT2D eigenvalue weighted by Gasteiger charge is -2.14. The van der Waals surface area contributed by atoms with Crippen LogP contribution in [0.25, 0.3) is 16.8 Å². The number of imide groups is 1. The Labute approximate surface area is 237 Å². The minimum absolute atomic E-state index is 0.213. The molecule has 1 aliphatic heterocycles. The number of carbonyl (C=O) groups is 3. The van der Waals surface area contributed by atoms with Crippen molar-refractivity contribution in [3.63, 3.8) is 0 Å². The molecule has 4 aromatic rings. The zero-order chi connectivity index (χ0) is 27.4. The number of carbonyl (C=O) groups excluding carboxylic acids is 3. The average Bonchev–Trinajstić information content (AvgIpc) is 3.20. The normalized spacial score (nSPS) is 14.2. The molecule has 0 unspecified atom stereocenters. The largest absolute Gasteiger partial charge is 0.493 e. The predicted molar refractivity (Wildman–Crippen MR) is 157 cm³/mol. The number of methoxy groups -OCH3 is 1. The summed E-state index contributed by atoms with van der Waals surface area (Å²) in [5.74, 6) is 0.00811. The van der Waals surface area contributed by atoms with Gasteiger partial charge in [0, 0.05) is 11.1 Å². The molecule has 196 valence electrons. The molecule has 0 radical (unpaired) electrons. The van der Waals surface area contributed by atoms with Gasteiger partial charge in [0.05, 0.1) is 16.5 Å². The van der Waals surface area contributed by atoms with Crippen LogP contribution in [0.2, 0.25) is 0 Å². The van der Waals surface area contributed by atoms with E-state index >= 15 is 0 Å². The first-order valence-electron chi connectivity index (χ1n) is 12.0. The van der Waals surface area contributed by atoms with Crippen LogP contribution in [0, 0.1) is 0 Å². The summed E-state index contributed by atoms with van der Waals surface area (Å²) in [6.07, 6.45) is 1.60. The summed E-state index contributed by atoms with van der Waals surface area (Å²) in [6.45, 7) is -0.0284. The van der Waals surface area contributed by atoms with Crippen LogP contribution in [0.4, 0.5) is 10.5 Å². The number of halogens is 1. The lowest BCUT2D eigenvalue weighted by Crippen LogP contribution is -2.36. The van der Waals surface area contributed by atoms with E-state index in [1.165, 1.54) is 7.11 Å². The van der Waals surface area contributed by atoms with Crippen LogP contribution >= 0.6 is 27.7 Å². The molecule has 0 bridgehead atoms. The topological polar surface area (TPSA) is 84.9 Å². The van der Waals surface area contributed by atoms with Crippen molar-refractivity contribution < 1.29 is 23.9 Å². The Hall–Kier alpha value is -4.08. The lowest BCUT2D eigenvalue weighted by atomic mass is 10.1. The van der Waals surface area contributed by atoms with E-state index in [1.54, 1.807) is 24.3 Å². The van der Waals surface area contributed by atoms with E-state index in [4.69, 9.17) is 9.47 Å². The standard InChI is InChI=1S/C30H23BrN2O5S/c1-37-25-15-20(14-23(31)28(25)38-18-19-8-3-2-4-9-19)16-26-29(35)33(30(36)39-26)17-27(34)32-24-13-7-11-21-10-5-6-12-22(21)24/h2-16H,17-18H2,1H3,(H,32,34)/b26-16+. The number of benzene rings is 4. The summed E-state index contributed by atoms with van der Waals surface area (Å²) in [5, 5.41) is 4.16. The van der Waals surface area contributed by atoms with Gasteiger partial charge >= 0.3 is 0 Å². The number of rotatable bonds is 8. The number of amides is 3. The van der Waals surface area contributed by atoms with Gasteiger partial charge in [-0.15, -0.1) is 0 Å². The van der Waals surface area contributed by atoms with E-state index in [2.05, 4.69) is 21.2 Å². The van der Waals surface area contributed by atoms with Crippen molar-refractivity contribution in [1.29, 1.82) is 0 Å². The highest BCUT2D eigenvalue weighted by Crippen LogP contribution is 2.39. The summed E-state index contributed by atoms with van der Waals surface area (Å²) in [4.78, 5) is 39.6. The quantitative estimate of drug-likeness (QED) is 0.222. The second-order valence-electron chi connectivity index (χ2n) is 8.65. The third-order valence-corrected chi connectivity index (χ3v) is 7.51. The molecule has 4 aromatic carbocycles. The summed E-state index contributed by atoms with van der Waals surface area (Å²) >= 11 is 4.32. The van der Waals surface area contributed by atoms with Gasteiger partial charge in [0.25, 0.3) is 11.1 Å². The molecule has 0 saturated carbocycles. The molecule has 3 amide bonds. The van der Waals surface area contributed by atoms with Gasteiger partial charge in [0.15, 0.2) is 11.5 Å². The first-order valence-corrected chi connectivity index (χ1v) is 13.6. The molecule has 0 spiro atoms. The van der Waals surface area contributed by atoms with Gasteiger partial charge < -0.3 is 14.8 Å². The smallest absolute Gasteiger partial charge is 0.294 e. The number of nitrogens with zero attached hydrogens (tertiary/aromatic N) is 1. The van der Waals surface area contributed by atoms with Crippen LogP contribution < -0.4 is 14.8 Å². The molecule has 0 aliphatic carbocycles. The van der Waals surface area contributed by atoms with Crippen LogP contribution in [-0.4, -0.2) is 35.6 Å². The van der Waals surface area contributed by atoms with Gasteiger partial charge in [0.1, 0.15) is 13.2 Å². The second kappa shape index (κ2) is 11.8. The molecule has 7 nitrogen and oxygen atoms in total. The number of thioether (sulfide) groups is 1. The Morgan fingerprint density at radius 3 is 2.54 bits per heavy atom. The van der Waals surface area contributed by atoms with Crippen LogP contribution in [0.5, 0.6) is 11.5 Å². The van der Waals surface area contributed by atoms with E-state index < -0.39 is 17.1 Å². The van der Waals surface area contributed by atoms with E-state index in [1.807, 2.05) is 66.7 Å². The first kappa shape index (κ1) is 26.5. The SMILES string of the molecule is COc1cc(/C=C2/SC(=O)N(CC(=O)Nc3cccc4ccccc34)C2=O)cc(Br)c1OCc1ccccc1. The number of hydrogen-bond donors (Lipinski definition) is 1. The third-order valence-electron chi connectivity index (χ3n) is 6.01. The van der Waals surface area contributed by atoms with Crippen molar-refractivity contribution in [3.05, 3.63) is 105 Å². The Balaban J connectivity index is 1.29. The molecule has 0 aromatic heterocycles. The number of hydrogen-bond acceptors (Lipinski definition) is 6. The molecule has 5 rings (SSSR count). The van der Waals surface area contributed by atoms with Crippen molar-refractivity contribution in [2.75, 3.05) is 19.0 Å². The Bertz CT molecular complexity index is 1600. The van der Waals surface area contributed by atoms with Crippen molar-refractivity contribution in [2.45, 2.75) is 6.61 Å². The van der Waals surface area contributed by atoms with Gasteiger partial charge in [-0.1, -0.05) is 66.7 Å². The fraction of sp³-hybridized carbons (Fsp3) is 0.100. The fourth-order valence-corrected chi connectivity index (χ4v) is 5.56. The minimum atomic E-state index is -0.530. The van der Waals surface area contributed by atoms with Crippen molar-refractivity contribution >= 4 is 67.3 Å². The molecule has 1 saturated heterocycles. The fourth-order valence-electron chi connectivity index (χ4n) is 4.15. The molecule has 1 fully saturated rings. The number of fused-ring (bicyclic) bond motifs is 1. The van der Waals surface area contributed by atoms with Gasteiger partial charge in [0.2, 0.25) is 5.91 Å². The molecule has 1 heterocycles. The molecule has 1 N–H and O–H groups in total. The molecular weight excluding hydrogens is 580 g/mol. The van der Waals surface area contributed by atoms with E-state index in [9.17, 15) is 14.4 Å². The number of anilines is 1. The Morgan fingerprint density at radius 1 is 1.00 bits per heavy atom. The van der Waals surface area contributed by atoms with E-state index in [0.717, 1.165) is 33.0 Å². The third kappa shape index (κ3) is 6.00. The van der Waals surface area contributed by atoms with Crippen LogP contribution in [0.1, 0.15) is 11.1 Å². The van der Waals surface area contributed by atoms with Crippen LogP contribution in [0.3, 0.4) is 0 Å². The summed E-state index contributed by atoms with van der Waals surface area (Å²) in [7, 11) is 1.53. The summed E-state index contributed by atoms with van der Waals surface area (Å²) < 4.78 is 12.1. The molecule has 9 heteroatoms. The van der Waals surface area contributed by atoms with Crippen molar-refractivity contribution in [3.8, 4) is 11.5 Å². The maximum absolute atomic E-state index is 13.1. The van der Waals surface area contributed by atoms with Gasteiger partial charge in [-0.25, -0.2) is 0 Å². The zero-order valence-corrected chi connectivity index (χ0v) is 23.3. The van der Waals surface area contributed by atoms with Gasteiger partial charge in [-0.2, -0.15) is 0 Å². The average molecular weight is 603 g/mol. The molecule has 0 atom stereocenters. The maximum Gasteiger partial charge on any atom is 0.294 e. The Kier molecular flexibility index (Phi) is 7.99. The molecular formula is C30H23BrN2O5S. The summed E-state index contributed by atoms with van der Waals surface area (Å²) in [6, 6.07) is 26.5. The number of nitrogens with one attached hydrogen (secondary N) is 1. The van der Waals surface area contributed by atoms with E-state index in [0.29, 0.717) is 33.8 Å². The Morgan fingerprint density at radius 2 is 1.74 bits per heavy atom.